The third-order valence-electron chi connectivity index (χ3n) is 4.47. The Morgan fingerprint density at radius 2 is 1.93 bits per heavy atom. The first-order valence-corrected chi connectivity index (χ1v) is 10.1. The fourth-order valence-corrected chi connectivity index (χ4v) is 4.32. The van der Waals surface area contributed by atoms with Crippen molar-refractivity contribution in [3.05, 3.63) is 87.0 Å². The van der Waals surface area contributed by atoms with E-state index < -0.39 is 0 Å². The number of amides is 1. The number of fused-ring (bicyclic) bond motifs is 1. The fourth-order valence-electron chi connectivity index (χ4n) is 3.12. The van der Waals surface area contributed by atoms with Crippen molar-refractivity contribution < 1.29 is 4.79 Å². The number of benzene rings is 2. The van der Waals surface area contributed by atoms with Crippen molar-refractivity contribution in [2.75, 3.05) is 5.32 Å². The number of nitrogens with one attached hydrogen (secondary N) is 1. The van der Waals surface area contributed by atoms with E-state index in [2.05, 4.69) is 51.7 Å². The van der Waals surface area contributed by atoms with Crippen molar-refractivity contribution in [2.24, 2.45) is 0 Å². The minimum Gasteiger partial charge on any atom is -0.310 e. The summed E-state index contributed by atoms with van der Waals surface area (Å²) in [4.78, 5) is 22.1. The Bertz CT molecular complexity index is 1130. The quantitative estimate of drug-likeness (QED) is 0.480. The molecular weight excluding hydrogens is 390 g/mol. The number of aryl methyl sites for hydroxylation is 1. The number of carbonyl (C=O) groups is 1. The minimum atomic E-state index is -0.113. The van der Waals surface area contributed by atoms with Crippen molar-refractivity contribution in [1.82, 2.24) is 9.97 Å². The molecule has 0 radical (unpaired) electrons. The van der Waals surface area contributed by atoms with Gasteiger partial charge in [0.25, 0.3) is 0 Å². The molecule has 1 amide bonds. The molecule has 2 heterocycles. The summed E-state index contributed by atoms with van der Waals surface area (Å²) >= 11 is 7.41. The van der Waals surface area contributed by atoms with Crippen LogP contribution >= 0.6 is 22.9 Å². The van der Waals surface area contributed by atoms with Crippen LogP contribution in [0.5, 0.6) is 0 Å². The van der Waals surface area contributed by atoms with E-state index in [1.165, 1.54) is 22.5 Å². The highest BCUT2D eigenvalue weighted by atomic mass is 35.5. The van der Waals surface area contributed by atoms with Crippen molar-refractivity contribution in [3.63, 3.8) is 0 Å². The molecule has 4 rings (SSSR count). The number of hydrogen-bond donors (Lipinski definition) is 1. The van der Waals surface area contributed by atoms with E-state index in [1.807, 2.05) is 13.0 Å². The number of anilines is 1. The zero-order chi connectivity index (χ0) is 19.5. The Morgan fingerprint density at radius 3 is 2.75 bits per heavy atom. The van der Waals surface area contributed by atoms with Crippen LogP contribution in [-0.4, -0.2) is 15.9 Å². The number of carbonyl (C=O) groups excluding carboxylic acids is 1. The molecule has 2 aromatic heterocycles. The second kappa shape index (κ2) is 8.09. The van der Waals surface area contributed by atoms with Crippen LogP contribution in [0.3, 0.4) is 0 Å². The van der Waals surface area contributed by atoms with Crippen molar-refractivity contribution in [3.8, 4) is 0 Å². The summed E-state index contributed by atoms with van der Waals surface area (Å²) in [6, 6.07) is 18.1. The van der Waals surface area contributed by atoms with Crippen molar-refractivity contribution in [2.45, 2.75) is 19.8 Å². The maximum Gasteiger partial charge on any atom is 0.230 e. The normalized spacial score (nSPS) is 10.9. The highest BCUT2D eigenvalue weighted by Crippen LogP contribution is 2.25. The van der Waals surface area contributed by atoms with Crippen molar-refractivity contribution in [1.29, 1.82) is 0 Å². The summed E-state index contributed by atoms with van der Waals surface area (Å²) in [5, 5.41) is 6.82. The van der Waals surface area contributed by atoms with Crippen molar-refractivity contribution >= 4 is 45.4 Å². The first-order chi connectivity index (χ1) is 13.6. The van der Waals surface area contributed by atoms with Gasteiger partial charge < -0.3 is 5.32 Å². The molecule has 0 atom stereocenters. The Hall–Kier alpha value is -2.76. The summed E-state index contributed by atoms with van der Waals surface area (Å²) in [6.45, 7) is 1.95. The predicted molar refractivity (Wildman–Crippen MR) is 115 cm³/mol. The van der Waals surface area contributed by atoms with Gasteiger partial charge in [-0.2, -0.15) is 0 Å². The average Bonchev–Trinajstić information content (AvgIpc) is 3.03. The lowest BCUT2D eigenvalue weighted by atomic mass is 10.0. The van der Waals surface area contributed by atoms with Crippen LogP contribution in [0, 0.1) is 6.92 Å². The number of pyridine rings is 1. The molecule has 0 unspecified atom stereocenters. The zero-order valence-corrected chi connectivity index (χ0v) is 16.8. The first-order valence-electron chi connectivity index (χ1n) is 8.92. The van der Waals surface area contributed by atoms with Gasteiger partial charge >= 0.3 is 0 Å². The number of nitrogens with zero attached hydrogens (tertiary/aromatic N) is 2. The van der Waals surface area contributed by atoms with Gasteiger partial charge in [-0.1, -0.05) is 54.1 Å². The molecule has 0 aliphatic rings. The Balaban J connectivity index is 1.49. The third-order valence-corrected chi connectivity index (χ3v) is 5.86. The van der Waals surface area contributed by atoms with Gasteiger partial charge in [0.1, 0.15) is 5.82 Å². The van der Waals surface area contributed by atoms with Crippen LogP contribution < -0.4 is 5.32 Å². The molecule has 0 aliphatic heterocycles. The van der Waals surface area contributed by atoms with Crippen LogP contribution in [0.4, 0.5) is 5.82 Å². The Kier molecular flexibility index (Phi) is 5.37. The summed E-state index contributed by atoms with van der Waals surface area (Å²) in [5.41, 5.74) is 2.15. The lowest BCUT2D eigenvalue weighted by molar-refractivity contribution is -0.115. The molecule has 4 nitrogen and oxygen atoms in total. The predicted octanol–water partition coefficient (Wildman–Crippen LogP) is 5.43. The smallest absolute Gasteiger partial charge is 0.230 e. The van der Waals surface area contributed by atoms with E-state index in [1.54, 1.807) is 23.5 Å². The van der Waals surface area contributed by atoms with E-state index in [0.717, 1.165) is 22.0 Å². The number of halogens is 1. The van der Waals surface area contributed by atoms with E-state index >= 15 is 0 Å². The molecule has 0 saturated heterocycles. The van der Waals surface area contributed by atoms with Crippen LogP contribution in [0.2, 0.25) is 5.02 Å². The van der Waals surface area contributed by atoms with Crippen LogP contribution in [0.15, 0.2) is 60.8 Å². The van der Waals surface area contributed by atoms with Gasteiger partial charge in [0.15, 0.2) is 0 Å². The molecule has 6 heteroatoms. The van der Waals surface area contributed by atoms with Gasteiger partial charge in [-0.25, -0.2) is 9.97 Å². The fraction of sp³-hybridized carbons (Fsp3) is 0.136. The van der Waals surface area contributed by atoms with E-state index in [9.17, 15) is 4.79 Å². The van der Waals surface area contributed by atoms with Gasteiger partial charge in [-0.15, -0.1) is 11.3 Å². The van der Waals surface area contributed by atoms with E-state index in [4.69, 9.17) is 11.6 Å². The maximum absolute atomic E-state index is 12.4. The highest BCUT2D eigenvalue weighted by Gasteiger charge is 2.13. The molecule has 0 aliphatic carbocycles. The second-order valence-electron chi connectivity index (χ2n) is 6.52. The Morgan fingerprint density at radius 1 is 1.11 bits per heavy atom. The standard InChI is InChI=1S/C22H18ClN3OS/c1-14-19(12-21(27)26-20-10-9-17(23)13-24-20)28-22(25-14)11-16-7-4-6-15-5-2-3-8-18(15)16/h2-10,13H,11-12H2,1H3,(H,24,26,27). The number of thiazole rings is 1. The third kappa shape index (κ3) is 4.21. The molecule has 0 saturated carbocycles. The maximum atomic E-state index is 12.4. The molecule has 4 aromatic rings. The molecule has 2 aromatic carbocycles. The minimum absolute atomic E-state index is 0.113. The van der Waals surface area contributed by atoms with Gasteiger partial charge in [-0.3, -0.25) is 4.79 Å². The monoisotopic (exact) mass is 407 g/mol. The first kappa shape index (κ1) is 18.6. The molecule has 0 fully saturated rings. The summed E-state index contributed by atoms with van der Waals surface area (Å²) in [5.74, 6) is 0.380. The van der Waals surface area contributed by atoms with E-state index in [-0.39, 0.29) is 12.3 Å². The van der Waals surface area contributed by atoms with Crippen LogP contribution in [-0.2, 0) is 17.6 Å². The van der Waals surface area contributed by atoms with Gasteiger partial charge in [0.05, 0.1) is 22.1 Å². The zero-order valence-electron chi connectivity index (χ0n) is 15.3. The topological polar surface area (TPSA) is 54.9 Å². The van der Waals surface area contributed by atoms with Gasteiger partial charge in [0, 0.05) is 17.5 Å². The largest absolute Gasteiger partial charge is 0.310 e. The van der Waals surface area contributed by atoms with Gasteiger partial charge in [0.2, 0.25) is 5.91 Å². The SMILES string of the molecule is Cc1nc(Cc2cccc3ccccc23)sc1CC(=O)Nc1ccc(Cl)cn1. The average molecular weight is 408 g/mol. The molecular formula is C22H18ClN3OS. The lowest BCUT2D eigenvalue weighted by Gasteiger charge is -2.04. The molecule has 0 spiro atoms. The second-order valence-corrected chi connectivity index (χ2v) is 8.12. The van der Waals surface area contributed by atoms with Crippen LogP contribution in [0.1, 0.15) is 21.1 Å². The summed E-state index contributed by atoms with van der Waals surface area (Å²) in [7, 11) is 0. The molecule has 0 bridgehead atoms. The molecule has 1 N–H and O–H groups in total. The van der Waals surface area contributed by atoms with E-state index in [0.29, 0.717) is 10.8 Å². The Labute approximate surface area is 172 Å². The molecule has 140 valence electrons. The number of rotatable bonds is 5. The van der Waals surface area contributed by atoms with Gasteiger partial charge in [-0.05, 0) is 35.4 Å². The summed E-state index contributed by atoms with van der Waals surface area (Å²) in [6.07, 6.45) is 2.55. The highest BCUT2D eigenvalue weighted by molar-refractivity contribution is 7.11. The van der Waals surface area contributed by atoms with Crippen LogP contribution in [0.25, 0.3) is 10.8 Å². The summed E-state index contributed by atoms with van der Waals surface area (Å²) < 4.78 is 0. The molecule has 28 heavy (non-hydrogen) atoms. The number of hydrogen-bond acceptors (Lipinski definition) is 4. The lowest BCUT2D eigenvalue weighted by Crippen LogP contribution is -2.15. The number of aromatic nitrogens is 2.